The molecule has 0 saturated carbocycles. The predicted molar refractivity (Wildman–Crippen MR) is 103 cm³/mol. The molecule has 0 atom stereocenters. The molecule has 2 rings (SSSR count). The summed E-state index contributed by atoms with van der Waals surface area (Å²) in [6.45, 7) is 2.06. The van der Waals surface area contributed by atoms with E-state index in [0.717, 1.165) is 17.0 Å². The molecular formula is C19H23N3OS. The van der Waals surface area contributed by atoms with Gasteiger partial charge in [-0.3, -0.25) is 4.79 Å². The van der Waals surface area contributed by atoms with Crippen LogP contribution in [0.5, 0.6) is 0 Å². The number of nitrogens with zero attached hydrogens (tertiary/aromatic N) is 2. The van der Waals surface area contributed by atoms with Crippen molar-refractivity contribution in [2.24, 2.45) is 5.10 Å². The van der Waals surface area contributed by atoms with Crippen molar-refractivity contribution in [3.63, 3.8) is 0 Å². The first-order valence-electron chi connectivity index (χ1n) is 7.83. The molecule has 0 aliphatic heterocycles. The molecule has 126 valence electrons. The fourth-order valence-electron chi connectivity index (χ4n) is 1.99. The Kier molecular flexibility index (Phi) is 6.88. The molecule has 0 heterocycles. The van der Waals surface area contributed by atoms with E-state index in [9.17, 15) is 4.79 Å². The maximum atomic E-state index is 11.8. The Bertz CT molecular complexity index is 679. The molecule has 0 bridgehead atoms. The third kappa shape index (κ3) is 6.08. The van der Waals surface area contributed by atoms with Crippen LogP contribution < -0.4 is 10.3 Å². The zero-order valence-corrected chi connectivity index (χ0v) is 15.1. The van der Waals surface area contributed by atoms with Gasteiger partial charge >= 0.3 is 0 Å². The maximum absolute atomic E-state index is 11.8. The first kappa shape index (κ1) is 18.1. The number of carbonyl (C=O) groups excluding carboxylic acids is 1. The Morgan fingerprint density at radius 2 is 1.79 bits per heavy atom. The standard InChI is InChI=1S/C19H23N3OS/c1-15-4-10-18(11-5-15)24-13-12-19(23)21-20-14-16-6-8-17(9-7-16)22(2)3/h4-11,14H,12-13H2,1-3H3,(H,21,23)/b20-14-. The summed E-state index contributed by atoms with van der Waals surface area (Å²) >= 11 is 1.67. The summed E-state index contributed by atoms with van der Waals surface area (Å²) in [6, 6.07) is 16.3. The minimum atomic E-state index is -0.0734. The number of thioether (sulfide) groups is 1. The highest BCUT2D eigenvalue weighted by atomic mass is 32.2. The molecular weight excluding hydrogens is 318 g/mol. The zero-order chi connectivity index (χ0) is 17.4. The molecule has 24 heavy (non-hydrogen) atoms. The van der Waals surface area contributed by atoms with Gasteiger partial charge in [0.15, 0.2) is 0 Å². The quantitative estimate of drug-likeness (QED) is 0.474. The zero-order valence-electron chi connectivity index (χ0n) is 14.3. The van der Waals surface area contributed by atoms with E-state index >= 15 is 0 Å². The van der Waals surface area contributed by atoms with E-state index in [4.69, 9.17) is 0 Å². The van der Waals surface area contributed by atoms with Gasteiger partial charge in [0, 0.05) is 36.9 Å². The second kappa shape index (κ2) is 9.13. The minimum Gasteiger partial charge on any atom is -0.378 e. The first-order valence-corrected chi connectivity index (χ1v) is 8.82. The molecule has 2 aromatic carbocycles. The molecule has 0 spiro atoms. The smallest absolute Gasteiger partial charge is 0.240 e. The summed E-state index contributed by atoms with van der Waals surface area (Å²) in [5.41, 5.74) is 5.89. The Morgan fingerprint density at radius 1 is 1.12 bits per heavy atom. The number of hydrazone groups is 1. The van der Waals surface area contributed by atoms with Crippen LogP contribution in [-0.2, 0) is 4.79 Å². The molecule has 1 amide bonds. The summed E-state index contributed by atoms with van der Waals surface area (Å²) in [6.07, 6.45) is 2.10. The molecule has 4 nitrogen and oxygen atoms in total. The number of aryl methyl sites for hydroxylation is 1. The summed E-state index contributed by atoms with van der Waals surface area (Å²) < 4.78 is 0. The Hall–Kier alpha value is -2.27. The van der Waals surface area contributed by atoms with Gasteiger partial charge in [0.05, 0.1) is 6.21 Å². The molecule has 0 fully saturated rings. The number of anilines is 1. The van der Waals surface area contributed by atoms with Crippen LogP contribution in [0.3, 0.4) is 0 Å². The van der Waals surface area contributed by atoms with Crippen molar-refractivity contribution in [1.29, 1.82) is 0 Å². The van der Waals surface area contributed by atoms with Crippen LogP contribution >= 0.6 is 11.8 Å². The van der Waals surface area contributed by atoms with Crippen LogP contribution in [0, 0.1) is 6.92 Å². The van der Waals surface area contributed by atoms with Crippen LogP contribution in [0.2, 0.25) is 0 Å². The van der Waals surface area contributed by atoms with Gasteiger partial charge in [-0.2, -0.15) is 5.10 Å². The first-order chi connectivity index (χ1) is 11.5. The second-order valence-corrected chi connectivity index (χ2v) is 6.86. The molecule has 1 N–H and O–H groups in total. The number of carbonyl (C=O) groups is 1. The number of hydrogen-bond donors (Lipinski definition) is 1. The van der Waals surface area contributed by atoms with Gasteiger partial charge in [-0.05, 0) is 36.8 Å². The SMILES string of the molecule is Cc1ccc(SCCC(=O)N/N=C\c2ccc(N(C)C)cc2)cc1. The van der Waals surface area contributed by atoms with Crippen LogP contribution in [0.25, 0.3) is 0 Å². The van der Waals surface area contributed by atoms with E-state index in [-0.39, 0.29) is 5.91 Å². The van der Waals surface area contributed by atoms with Gasteiger partial charge in [0.2, 0.25) is 5.91 Å². The van der Waals surface area contributed by atoms with Gasteiger partial charge in [0.25, 0.3) is 0 Å². The molecule has 5 heteroatoms. The van der Waals surface area contributed by atoms with E-state index in [1.54, 1.807) is 18.0 Å². The molecule has 0 saturated heterocycles. The van der Waals surface area contributed by atoms with Crippen molar-refractivity contribution < 1.29 is 4.79 Å². The summed E-state index contributed by atoms with van der Waals surface area (Å²) in [5, 5.41) is 4.01. The van der Waals surface area contributed by atoms with Crippen LogP contribution in [-0.4, -0.2) is 32.0 Å². The van der Waals surface area contributed by atoms with E-state index in [2.05, 4.69) is 41.7 Å². The molecule has 0 aliphatic carbocycles. The van der Waals surface area contributed by atoms with Gasteiger partial charge in [-0.15, -0.1) is 11.8 Å². The Labute approximate surface area is 148 Å². The number of amides is 1. The fourth-order valence-corrected chi connectivity index (χ4v) is 2.84. The van der Waals surface area contributed by atoms with Gasteiger partial charge < -0.3 is 4.90 Å². The summed E-state index contributed by atoms with van der Waals surface area (Å²) in [5.74, 6) is 0.665. The van der Waals surface area contributed by atoms with Crippen LogP contribution in [0.1, 0.15) is 17.5 Å². The number of rotatable bonds is 7. The lowest BCUT2D eigenvalue weighted by atomic mass is 10.2. The van der Waals surface area contributed by atoms with Crippen molar-refractivity contribution in [1.82, 2.24) is 5.43 Å². The minimum absolute atomic E-state index is 0.0734. The average Bonchev–Trinajstić information content (AvgIpc) is 2.57. The fraction of sp³-hybridized carbons (Fsp3) is 0.263. The lowest BCUT2D eigenvalue weighted by molar-refractivity contribution is -0.120. The van der Waals surface area contributed by atoms with Crippen molar-refractivity contribution in [2.45, 2.75) is 18.2 Å². The van der Waals surface area contributed by atoms with Gasteiger partial charge in [0.1, 0.15) is 0 Å². The highest BCUT2D eigenvalue weighted by Crippen LogP contribution is 2.18. The van der Waals surface area contributed by atoms with E-state index in [1.807, 2.05) is 43.3 Å². The van der Waals surface area contributed by atoms with Crippen molar-refractivity contribution in [3.8, 4) is 0 Å². The number of hydrogen-bond acceptors (Lipinski definition) is 4. The van der Waals surface area contributed by atoms with Gasteiger partial charge in [-0.1, -0.05) is 29.8 Å². The molecule has 0 unspecified atom stereocenters. The molecule has 0 radical (unpaired) electrons. The number of benzene rings is 2. The van der Waals surface area contributed by atoms with E-state index in [1.165, 1.54) is 10.5 Å². The maximum Gasteiger partial charge on any atom is 0.240 e. The average molecular weight is 341 g/mol. The van der Waals surface area contributed by atoms with Crippen molar-refractivity contribution in [3.05, 3.63) is 59.7 Å². The predicted octanol–water partition coefficient (Wildman–Crippen LogP) is 3.69. The second-order valence-electron chi connectivity index (χ2n) is 5.69. The van der Waals surface area contributed by atoms with Crippen LogP contribution in [0.4, 0.5) is 5.69 Å². The third-order valence-corrected chi connectivity index (χ3v) is 4.44. The monoisotopic (exact) mass is 341 g/mol. The highest BCUT2D eigenvalue weighted by Gasteiger charge is 2.01. The van der Waals surface area contributed by atoms with Gasteiger partial charge in [-0.25, -0.2) is 5.43 Å². The third-order valence-electron chi connectivity index (χ3n) is 3.43. The Morgan fingerprint density at radius 3 is 2.42 bits per heavy atom. The normalized spacial score (nSPS) is 10.8. The molecule has 2 aromatic rings. The summed E-state index contributed by atoms with van der Waals surface area (Å²) in [7, 11) is 4.00. The number of nitrogens with one attached hydrogen (secondary N) is 1. The van der Waals surface area contributed by atoms with E-state index in [0.29, 0.717) is 6.42 Å². The molecule has 0 aromatic heterocycles. The highest BCUT2D eigenvalue weighted by molar-refractivity contribution is 7.99. The lowest BCUT2D eigenvalue weighted by Crippen LogP contribution is -2.17. The Balaban J connectivity index is 1.71. The van der Waals surface area contributed by atoms with E-state index < -0.39 is 0 Å². The van der Waals surface area contributed by atoms with Crippen molar-refractivity contribution >= 4 is 29.6 Å². The topological polar surface area (TPSA) is 44.7 Å². The van der Waals surface area contributed by atoms with Crippen molar-refractivity contribution in [2.75, 3.05) is 24.7 Å². The molecule has 0 aliphatic rings. The summed E-state index contributed by atoms with van der Waals surface area (Å²) in [4.78, 5) is 15.0. The largest absolute Gasteiger partial charge is 0.378 e. The van der Waals surface area contributed by atoms with Crippen LogP contribution in [0.15, 0.2) is 58.5 Å². The lowest BCUT2D eigenvalue weighted by Gasteiger charge is -2.11.